The lowest BCUT2D eigenvalue weighted by molar-refractivity contribution is -0.120. The lowest BCUT2D eigenvalue weighted by atomic mass is 9.95. The normalized spacial score (nSPS) is 21.6. The first-order chi connectivity index (χ1) is 12.1. The van der Waals surface area contributed by atoms with E-state index >= 15 is 0 Å². The zero-order chi connectivity index (χ0) is 17.6. The van der Waals surface area contributed by atoms with Crippen LogP contribution < -0.4 is 16.0 Å². The molecule has 1 unspecified atom stereocenters. The van der Waals surface area contributed by atoms with Gasteiger partial charge in [0.05, 0.1) is 16.5 Å². The third kappa shape index (κ3) is 4.95. The molecular formula is C19H26ClN3O2. The topological polar surface area (TPSA) is 70.2 Å². The van der Waals surface area contributed by atoms with Crippen molar-refractivity contribution in [2.45, 2.75) is 51.0 Å². The average molecular weight is 364 g/mol. The van der Waals surface area contributed by atoms with Crippen molar-refractivity contribution in [2.75, 3.05) is 18.4 Å². The Balaban J connectivity index is 1.64. The Morgan fingerprint density at radius 1 is 1.08 bits per heavy atom. The molecule has 1 saturated carbocycles. The molecule has 5 nitrogen and oxygen atoms in total. The molecule has 1 atom stereocenters. The van der Waals surface area contributed by atoms with Crippen LogP contribution in [-0.4, -0.2) is 30.9 Å². The number of rotatable bonds is 4. The maximum Gasteiger partial charge on any atom is 0.253 e. The zero-order valence-electron chi connectivity index (χ0n) is 14.4. The van der Waals surface area contributed by atoms with Gasteiger partial charge in [0, 0.05) is 18.3 Å². The molecule has 1 heterocycles. The average Bonchev–Trinajstić information content (AvgIpc) is 2.64. The van der Waals surface area contributed by atoms with Crippen LogP contribution in [0.25, 0.3) is 0 Å². The third-order valence-corrected chi connectivity index (χ3v) is 5.42. The van der Waals surface area contributed by atoms with Gasteiger partial charge in [0.1, 0.15) is 0 Å². The molecule has 2 aliphatic rings. The van der Waals surface area contributed by atoms with Gasteiger partial charge in [-0.05, 0) is 50.4 Å². The quantitative estimate of drug-likeness (QED) is 0.768. The number of anilines is 1. The summed E-state index contributed by atoms with van der Waals surface area (Å²) in [7, 11) is 0. The van der Waals surface area contributed by atoms with Crippen molar-refractivity contribution in [2.24, 2.45) is 5.92 Å². The van der Waals surface area contributed by atoms with E-state index in [0.717, 1.165) is 45.1 Å². The van der Waals surface area contributed by atoms with E-state index in [9.17, 15) is 9.59 Å². The zero-order valence-corrected chi connectivity index (χ0v) is 15.2. The van der Waals surface area contributed by atoms with E-state index in [1.807, 2.05) is 0 Å². The van der Waals surface area contributed by atoms with E-state index in [-0.39, 0.29) is 23.8 Å². The Bertz CT molecular complexity index is 623. The van der Waals surface area contributed by atoms with E-state index in [4.69, 9.17) is 11.6 Å². The van der Waals surface area contributed by atoms with Crippen molar-refractivity contribution in [3.63, 3.8) is 0 Å². The second-order valence-electron chi connectivity index (χ2n) is 7.04. The van der Waals surface area contributed by atoms with E-state index in [2.05, 4.69) is 16.0 Å². The SMILES string of the molecule is O=C(NC1CCCCC1)c1cc(NC(=O)C2CCCNC2)ccc1Cl. The number of carbonyl (C=O) groups excluding carboxylic acids is 2. The summed E-state index contributed by atoms with van der Waals surface area (Å²) in [4.78, 5) is 24.9. The van der Waals surface area contributed by atoms with Crippen LogP contribution in [0.3, 0.4) is 0 Å². The Labute approximate surface area is 153 Å². The van der Waals surface area contributed by atoms with E-state index in [1.165, 1.54) is 6.42 Å². The van der Waals surface area contributed by atoms with Crippen LogP contribution in [0.15, 0.2) is 18.2 Å². The second-order valence-corrected chi connectivity index (χ2v) is 7.44. The molecule has 1 saturated heterocycles. The van der Waals surface area contributed by atoms with Crippen molar-refractivity contribution in [3.05, 3.63) is 28.8 Å². The highest BCUT2D eigenvalue weighted by Crippen LogP contribution is 2.23. The second kappa shape index (κ2) is 8.68. The first kappa shape index (κ1) is 18.2. The fraction of sp³-hybridized carbons (Fsp3) is 0.579. The Morgan fingerprint density at radius 3 is 2.60 bits per heavy atom. The minimum atomic E-state index is -0.160. The lowest BCUT2D eigenvalue weighted by Gasteiger charge is -2.23. The molecule has 1 aliphatic carbocycles. The van der Waals surface area contributed by atoms with Crippen LogP contribution in [0.2, 0.25) is 5.02 Å². The van der Waals surface area contributed by atoms with Crippen molar-refractivity contribution in [1.82, 2.24) is 10.6 Å². The number of halogens is 1. The Kier molecular flexibility index (Phi) is 6.32. The molecule has 0 radical (unpaired) electrons. The van der Waals surface area contributed by atoms with Gasteiger partial charge >= 0.3 is 0 Å². The van der Waals surface area contributed by atoms with Crippen molar-refractivity contribution in [1.29, 1.82) is 0 Å². The number of nitrogens with one attached hydrogen (secondary N) is 3. The molecule has 2 fully saturated rings. The van der Waals surface area contributed by atoms with Gasteiger partial charge < -0.3 is 16.0 Å². The van der Waals surface area contributed by atoms with Crippen molar-refractivity contribution in [3.8, 4) is 0 Å². The third-order valence-electron chi connectivity index (χ3n) is 5.09. The van der Waals surface area contributed by atoms with E-state index in [0.29, 0.717) is 22.8 Å². The fourth-order valence-electron chi connectivity index (χ4n) is 3.61. The van der Waals surface area contributed by atoms with Gasteiger partial charge in [-0.15, -0.1) is 0 Å². The molecular weight excluding hydrogens is 338 g/mol. The first-order valence-corrected chi connectivity index (χ1v) is 9.63. The largest absolute Gasteiger partial charge is 0.349 e. The molecule has 0 aromatic heterocycles. The highest BCUT2D eigenvalue weighted by molar-refractivity contribution is 6.34. The molecule has 136 valence electrons. The number of amides is 2. The predicted molar refractivity (Wildman–Crippen MR) is 100 cm³/mol. The van der Waals surface area contributed by atoms with Gasteiger partial charge in [-0.1, -0.05) is 30.9 Å². The smallest absolute Gasteiger partial charge is 0.253 e. The van der Waals surface area contributed by atoms with Crippen molar-refractivity contribution >= 4 is 29.1 Å². The van der Waals surface area contributed by atoms with Crippen LogP contribution >= 0.6 is 11.6 Å². The maximum absolute atomic E-state index is 12.6. The molecule has 6 heteroatoms. The molecule has 25 heavy (non-hydrogen) atoms. The summed E-state index contributed by atoms with van der Waals surface area (Å²) in [6.07, 6.45) is 7.50. The maximum atomic E-state index is 12.6. The number of carbonyl (C=O) groups is 2. The summed E-state index contributed by atoms with van der Waals surface area (Å²) in [5.41, 5.74) is 1.04. The van der Waals surface area contributed by atoms with Crippen LogP contribution in [-0.2, 0) is 4.79 Å². The van der Waals surface area contributed by atoms with Crippen LogP contribution in [0.4, 0.5) is 5.69 Å². The molecule has 1 aromatic rings. The molecule has 3 N–H and O–H groups in total. The summed E-state index contributed by atoms with van der Waals surface area (Å²) >= 11 is 6.21. The highest BCUT2D eigenvalue weighted by Gasteiger charge is 2.22. The van der Waals surface area contributed by atoms with Gasteiger partial charge in [0.2, 0.25) is 5.91 Å². The monoisotopic (exact) mass is 363 g/mol. The van der Waals surface area contributed by atoms with Gasteiger partial charge in [0.15, 0.2) is 0 Å². The van der Waals surface area contributed by atoms with Crippen LogP contribution in [0, 0.1) is 5.92 Å². The van der Waals surface area contributed by atoms with E-state index < -0.39 is 0 Å². The number of piperidine rings is 1. The summed E-state index contributed by atoms with van der Waals surface area (Å²) in [6, 6.07) is 5.32. The van der Waals surface area contributed by atoms with Gasteiger partial charge in [0.25, 0.3) is 5.91 Å². The standard InChI is InChI=1S/C19H26ClN3O2/c20-17-9-8-15(23-18(24)13-5-4-10-21-12-13)11-16(17)19(25)22-14-6-2-1-3-7-14/h8-9,11,13-14,21H,1-7,10,12H2,(H,22,25)(H,23,24). The summed E-state index contributed by atoms with van der Waals surface area (Å²) in [5, 5.41) is 9.64. The summed E-state index contributed by atoms with van der Waals surface area (Å²) in [5.74, 6) is -0.190. The van der Waals surface area contributed by atoms with Crippen LogP contribution in [0.1, 0.15) is 55.3 Å². The molecule has 3 rings (SSSR count). The molecule has 1 aromatic carbocycles. The Hall–Kier alpha value is -1.59. The van der Waals surface area contributed by atoms with Gasteiger partial charge in [-0.2, -0.15) is 0 Å². The van der Waals surface area contributed by atoms with Crippen molar-refractivity contribution < 1.29 is 9.59 Å². The summed E-state index contributed by atoms with van der Waals surface area (Å²) in [6.45, 7) is 1.67. The molecule has 1 aliphatic heterocycles. The minimum absolute atomic E-state index is 0.00633. The molecule has 2 amide bonds. The van der Waals surface area contributed by atoms with Gasteiger partial charge in [-0.25, -0.2) is 0 Å². The summed E-state index contributed by atoms with van der Waals surface area (Å²) < 4.78 is 0. The van der Waals surface area contributed by atoms with Crippen LogP contribution in [0.5, 0.6) is 0 Å². The predicted octanol–water partition coefficient (Wildman–Crippen LogP) is 3.34. The fourth-order valence-corrected chi connectivity index (χ4v) is 3.81. The molecule has 0 bridgehead atoms. The number of hydrogen-bond acceptors (Lipinski definition) is 3. The highest BCUT2D eigenvalue weighted by atomic mass is 35.5. The number of hydrogen-bond donors (Lipinski definition) is 3. The lowest BCUT2D eigenvalue weighted by Crippen LogP contribution is -2.37. The first-order valence-electron chi connectivity index (χ1n) is 9.25. The van der Waals surface area contributed by atoms with E-state index in [1.54, 1.807) is 18.2 Å². The Morgan fingerprint density at radius 2 is 1.88 bits per heavy atom. The number of benzene rings is 1. The molecule has 0 spiro atoms. The minimum Gasteiger partial charge on any atom is -0.349 e. The van der Waals surface area contributed by atoms with Gasteiger partial charge in [-0.3, -0.25) is 9.59 Å².